The summed E-state index contributed by atoms with van der Waals surface area (Å²) < 4.78 is 1.55. The molecule has 78 valence electrons. The van der Waals surface area contributed by atoms with Crippen molar-refractivity contribution in [2.24, 2.45) is 0 Å². The van der Waals surface area contributed by atoms with Gasteiger partial charge in [0.05, 0.1) is 11.7 Å². The monoisotopic (exact) mass is 205 g/mol. The molecule has 2 aromatic rings. The number of hydrogen-bond donors (Lipinski definition) is 1. The average Bonchev–Trinajstić information content (AvgIpc) is 2.59. The summed E-state index contributed by atoms with van der Waals surface area (Å²) in [5.74, 6) is -0.957. The molecule has 0 unspecified atom stereocenters. The maximum Gasteiger partial charge on any atom is 0.339 e. The van der Waals surface area contributed by atoms with Crippen LogP contribution >= 0.6 is 0 Å². The molecule has 1 N–H and O–H groups in total. The normalized spacial score (nSPS) is 10.5. The van der Waals surface area contributed by atoms with Gasteiger partial charge in [-0.3, -0.25) is 0 Å². The van der Waals surface area contributed by atoms with Crippen molar-refractivity contribution >= 4 is 17.2 Å². The largest absolute Gasteiger partial charge is 0.478 e. The van der Waals surface area contributed by atoms with Gasteiger partial charge in [0.1, 0.15) is 5.56 Å². The third kappa shape index (κ3) is 1.52. The van der Waals surface area contributed by atoms with E-state index in [2.05, 4.69) is 5.10 Å². The van der Waals surface area contributed by atoms with Crippen molar-refractivity contribution in [1.82, 2.24) is 9.61 Å². The van der Waals surface area contributed by atoms with Crippen LogP contribution in [0.2, 0.25) is 0 Å². The molecule has 0 fully saturated rings. The zero-order chi connectivity index (χ0) is 11.0. The van der Waals surface area contributed by atoms with Gasteiger partial charge in [-0.1, -0.05) is 0 Å². The fourth-order valence-corrected chi connectivity index (χ4v) is 1.41. The lowest BCUT2D eigenvalue weighted by Crippen LogP contribution is -2.09. The molecule has 0 aliphatic carbocycles. The molecular weight excluding hydrogens is 194 g/mol. The molecular formula is C10H11N3O2. The molecule has 2 aromatic heterocycles. The van der Waals surface area contributed by atoms with E-state index in [0.29, 0.717) is 5.52 Å². The van der Waals surface area contributed by atoms with Crippen LogP contribution in [0.1, 0.15) is 10.4 Å². The van der Waals surface area contributed by atoms with Gasteiger partial charge in [0.2, 0.25) is 0 Å². The Morgan fingerprint density at radius 2 is 2.27 bits per heavy atom. The van der Waals surface area contributed by atoms with Gasteiger partial charge in [-0.2, -0.15) is 5.10 Å². The SMILES string of the molecule is CN(C)c1ccn2ncc(C(=O)O)c2c1. The van der Waals surface area contributed by atoms with Gasteiger partial charge in [-0.15, -0.1) is 0 Å². The Morgan fingerprint density at radius 1 is 1.53 bits per heavy atom. The first-order chi connectivity index (χ1) is 7.09. The molecule has 0 atom stereocenters. The number of rotatable bonds is 2. The molecule has 0 radical (unpaired) electrons. The van der Waals surface area contributed by atoms with Crippen molar-refractivity contribution in [3.05, 3.63) is 30.1 Å². The van der Waals surface area contributed by atoms with Crippen molar-refractivity contribution in [3.8, 4) is 0 Å². The van der Waals surface area contributed by atoms with E-state index >= 15 is 0 Å². The molecule has 5 nitrogen and oxygen atoms in total. The van der Waals surface area contributed by atoms with Gasteiger partial charge in [-0.25, -0.2) is 9.31 Å². The van der Waals surface area contributed by atoms with Crippen molar-refractivity contribution in [3.63, 3.8) is 0 Å². The number of nitrogens with zero attached hydrogens (tertiary/aromatic N) is 3. The number of carboxylic acids is 1. The number of pyridine rings is 1. The van der Waals surface area contributed by atoms with E-state index in [9.17, 15) is 4.79 Å². The number of anilines is 1. The van der Waals surface area contributed by atoms with Crippen LogP contribution in [-0.4, -0.2) is 34.8 Å². The van der Waals surface area contributed by atoms with Crippen LogP contribution in [0.15, 0.2) is 24.5 Å². The smallest absolute Gasteiger partial charge is 0.339 e. The summed E-state index contributed by atoms with van der Waals surface area (Å²) in [6, 6.07) is 3.68. The molecule has 2 rings (SSSR count). The Kier molecular flexibility index (Phi) is 2.07. The number of hydrogen-bond acceptors (Lipinski definition) is 3. The second kappa shape index (κ2) is 3.27. The molecule has 0 aromatic carbocycles. The van der Waals surface area contributed by atoms with Gasteiger partial charge in [0.25, 0.3) is 0 Å². The third-order valence-electron chi connectivity index (χ3n) is 2.25. The minimum atomic E-state index is -0.957. The lowest BCUT2D eigenvalue weighted by atomic mass is 10.2. The number of carboxylic acid groups (broad SMARTS) is 1. The topological polar surface area (TPSA) is 57.8 Å². The number of fused-ring (bicyclic) bond motifs is 1. The van der Waals surface area contributed by atoms with Gasteiger partial charge >= 0.3 is 5.97 Å². The van der Waals surface area contributed by atoms with Gasteiger partial charge in [0.15, 0.2) is 0 Å². The maximum absolute atomic E-state index is 10.9. The first kappa shape index (κ1) is 9.51. The van der Waals surface area contributed by atoms with Crippen LogP contribution in [0.25, 0.3) is 5.52 Å². The Morgan fingerprint density at radius 3 is 2.87 bits per heavy atom. The highest BCUT2D eigenvalue weighted by molar-refractivity contribution is 5.95. The minimum Gasteiger partial charge on any atom is -0.478 e. The standard InChI is InChI=1S/C10H11N3O2/c1-12(2)7-3-4-13-9(5-7)8(6-11-13)10(14)15/h3-6H,1-2H3,(H,14,15). The van der Waals surface area contributed by atoms with Crippen molar-refractivity contribution in [2.75, 3.05) is 19.0 Å². The first-order valence-corrected chi connectivity index (χ1v) is 4.47. The van der Waals surface area contributed by atoms with Crippen LogP contribution in [0.4, 0.5) is 5.69 Å². The molecule has 15 heavy (non-hydrogen) atoms. The van der Waals surface area contributed by atoms with E-state index < -0.39 is 5.97 Å². The quantitative estimate of drug-likeness (QED) is 0.797. The van der Waals surface area contributed by atoms with E-state index in [1.807, 2.05) is 25.1 Å². The lowest BCUT2D eigenvalue weighted by molar-refractivity contribution is 0.0699. The molecule has 0 bridgehead atoms. The summed E-state index contributed by atoms with van der Waals surface area (Å²) in [7, 11) is 3.81. The van der Waals surface area contributed by atoms with Crippen molar-refractivity contribution in [1.29, 1.82) is 0 Å². The van der Waals surface area contributed by atoms with E-state index in [0.717, 1.165) is 5.69 Å². The number of aromatic carboxylic acids is 1. The zero-order valence-electron chi connectivity index (χ0n) is 8.51. The van der Waals surface area contributed by atoms with E-state index in [4.69, 9.17) is 5.11 Å². The van der Waals surface area contributed by atoms with Crippen molar-refractivity contribution in [2.45, 2.75) is 0 Å². The predicted octanol–water partition coefficient (Wildman–Crippen LogP) is 1.10. The van der Waals surface area contributed by atoms with Crippen LogP contribution in [0.5, 0.6) is 0 Å². The highest BCUT2D eigenvalue weighted by atomic mass is 16.4. The van der Waals surface area contributed by atoms with Gasteiger partial charge in [0, 0.05) is 26.0 Å². The second-order valence-electron chi connectivity index (χ2n) is 3.47. The third-order valence-corrected chi connectivity index (χ3v) is 2.25. The zero-order valence-corrected chi connectivity index (χ0v) is 8.51. The van der Waals surface area contributed by atoms with E-state index in [1.165, 1.54) is 6.20 Å². The summed E-state index contributed by atoms with van der Waals surface area (Å²) in [4.78, 5) is 12.8. The van der Waals surface area contributed by atoms with Crippen LogP contribution in [0.3, 0.4) is 0 Å². The second-order valence-corrected chi connectivity index (χ2v) is 3.47. The highest BCUT2D eigenvalue weighted by Crippen LogP contribution is 2.17. The Hall–Kier alpha value is -2.04. The first-order valence-electron chi connectivity index (χ1n) is 4.47. The Balaban J connectivity index is 2.66. The average molecular weight is 205 g/mol. The summed E-state index contributed by atoms with van der Waals surface area (Å²) in [6.45, 7) is 0. The summed E-state index contributed by atoms with van der Waals surface area (Å²) in [6.07, 6.45) is 3.11. The van der Waals surface area contributed by atoms with Crippen LogP contribution < -0.4 is 4.90 Å². The number of carbonyl (C=O) groups is 1. The fourth-order valence-electron chi connectivity index (χ4n) is 1.41. The minimum absolute atomic E-state index is 0.221. The number of aromatic nitrogens is 2. The molecule has 0 amide bonds. The predicted molar refractivity (Wildman–Crippen MR) is 56.5 cm³/mol. The molecule has 0 aliphatic heterocycles. The van der Waals surface area contributed by atoms with Gasteiger partial charge in [-0.05, 0) is 12.1 Å². The summed E-state index contributed by atoms with van der Waals surface area (Å²) >= 11 is 0. The van der Waals surface area contributed by atoms with E-state index in [1.54, 1.807) is 16.8 Å². The summed E-state index contributed by atoms with van der Waals surface area (Å²) in [5, 5.41) is 12.9. The molecule has 0 saturated heterocycles. The Labute approximate surface area is 86.5 Å². The lowest BCUT2D eigenvalue weighted by Gasteiger charge is -2.12. The maximum atomic E-state index is 10.9. The molecule has 2 heterocycles. The molecule has 0 saturated carbocycles. The molecule has 0 aliphatic rings. The summed E-state index contributed by atoms with van der Waals surface area (Å²) in [5.41, 5.74) is 1.78. The molecule has 0 spiro atoms. The Bertz CT molecular complexity index is 516. The molecule has 5 heteroatoms. The van der Waals surface area contributed by atoms with E-state index in [-0.39, 0.29) is 5.56 Å². The van der Waals surface area contributed by atoms with Crippen LogP contribution in [0, 0.1) is 0 Å². The van der Waals surface area contributed by atoms with Crippen molar-refractivity contribution < 1.29 is 9.90 Å². The highest BCUT2D eigenvalue weighted by Gasteiger charge is 2.11. The van der Waals surface area contributed by atoms with Gasteiger partial charge < -0.3 is 10.0 Å². The van der Waals surface area contributed by atoms with Crippen LogP contribution in [-0.2, 0) is 0 Å². The fraction of sp³-hybridized carbons (Fsp3) is 0.200.